The molecule has 1 saturated heterocycles. The molecule has 0 aliphatic carbocycles. The summed E-state index contributed by atoms with van der Waals surface area (Å²) in [6.07, 6.45) is 2.84. The van der Waals surface area contributed by atoms with Crippen LogP contribution in [0.15, 0.2) is 30.3 Å². The van der Waals surface area contributed by atoms with Gasteiger partial charge in [-0.3, -0.25) is 19.7 Å². The number of amides is 2. The van der Waals surface area contributed by atoms with E-state index in [-0.39, 0.29) is 17.5 Å². The van der Waals surface area contributed by atoms with Crippen LogP contribution < -0.4 is 5.32 Å². The molecule has 0 spiro atoms. The maximum Gasteiger partial charge on any atom is 0.270 e. The summed E-state index contributed by atoms with van der Waals surface area (Å²) < 4.78 is 0. The zero-order valence-corrected chi connectivity index (χ0v) is 11.5. The van der Waals surface area contributed by atoms with Gasteiger partial charge < -0.3 is 10.2 Å². The Kier molecular flexibility index (Phi) is 4.32. The molecular weight excluding hydrogens is 274 g/mol. The molecule has 0 aromatic heterocycles. The lowest BCUT2D eigenvalue weighted by Gasteiger charge is -2.31. The van der Waals surface area contributed by atoms with Crippen molar-refractivity contribution in [3.63, 3.8) is 0 Å². The second-order valence-corrected chi connectivity index (χ2v) is 4.68. The minimum absolute atomic E-state index is 0.0321. The third-order valence-corrected chi connectivity index (χ3v) is 3.28. The average molecular weight is 289 g/mol. The molecule has 1 atom stereocenters. The van der Waals surface area contributed by atoms with Gasteiger partial charge >= 0.3 is 0 Å². The zero-order valence-electron chi connectivity index (χ0n) is 11.5. The van der Waals surface area contributed by atoms with Crippen LogP contribution in [0.1, 0.15) is 12.5 Å². The first-order valence-corrected chi connectivity index (χ1v) is 6.50. The van der Waals surface area contributed by atoms with Crippen LogP contribution in [0, 0.1) is 10.1 Å². The fraction of sp³-hybridized carbons (Fsp3) is 0.286. The minimum atomic E-state index is -0.513. The van der Waals surface area contributed by atoms with E-state index in [1.807, 2.05) is 0 Å². The van der Waals surface area contributed by atoms with Gasteiger partial charge in [-0.2, -0.15) is 0 Å². The van der Waals surface area contributed by atoms with Gasteiger partial charge in [0.05, 0.1) is 4.92 Å². The van der Waals surface area contributed by atoms with E-state index in [0.29, 0.717) is 18.7 Å². The molecule has 7 heteroatoms. The summed E-state index contributed by atoms with van der Waals surface area (Å²) in [5.41, 5.74) is 0.530. The Bertz CT molecular complexity index is 612. The molecule has 1 aromatic carbocycles. The van der Waals surface area contributed by atoms with E-state index < -0.39 is 11.0 Å². The van der Waals surface area contributed by atoms with E-state index in [9.17, 15) is 19.7 Å². The van der Waals surface area contributed by atoms with Gasteiger partial charge in [-0.25, -0.2) is 0 Å². The topological polar surface area (TPSA) is 92.6 Å². The number of carbonyl (C=O) groups is 2. The van der Waals surface area contributed by atoms with Crippen molar-refractivity contribution in [1.82, 2.24) is 10.2 Å². The summed E-state index contributed by atoms with van der Waals surface area (Å²) in [4.78, 5) is 35.2. The van der Waals surface area contributed by atoms with Gasteiger partial charge in [-0.05, 0) is 18.6 Å². The van der Waals surface area contributed by atoms with Gasteiger partial charge in [-0.15, -0.1) is 0 Å². The summed E-state index contributed by atoms with van der Waals surface area (Å²) in [5, 5.41) is 13.4. The van der Waals surface area contributed by atoms with Crippen molar-refractivity contribution in [2.45, 2.75) is 13.0 Å². The van der Waals surface area contributed by atoms with Crippen LogP contribution in [0.3, 0.4) is 0 Å². The molecule has 21 heavy (non-hydrogen) atoms. The summed E-state index contributed by atoms with van der Waals surface area (Å²) in [6, 6.07) is 5.48. The molecule has 7 nitrogen and oxygen atoms in total. The quantitative estimate of drug-likeness (QED) is 0.509. The van der Waals surface area contributed by atoms with E-state index in [0.717, 1.165) is 0 Å². The number of nitro groups is 1. The molecule has 0 bridgehead atoms. The Morgan fingerprint density at radius 1 is 1.52 bits per heavy atom. The number of nitrogens with zero attached hydrogens (tertiary/aromatic N) is 2. The highest BCUT2D eigenvalue weighted by Crippen LogP contribution is 2.14. The number of non-ortho nitro benzene ring substituents is 1. The molecule has 1 aromatic rings. The highest BCUT2D eigenvalue weighted by molar-refractivity contribution is 5.96. The zero-order chi connectivity index (χ0) is 15.4. The lowest BCUT2D eigenvalue weighted by atomic mass is 10.1. The second kappa shape index (κ2) is 6.17. The summed E-state index contributed by atoms with van der Waals surface area (Å²) in [7, 11) is 0. The van der Waals surface area contributed by atoms with Gasteiger partial charge in [0.25, 0.3) is 5.69 Å². The van der Waals surface area contributed by atoms with Gasteiger partial charge in [0, 0.05) is 31.3 Å². The Balaban J connectivity index is 2.10. The predicted octanol–water partition coefficient (Wildman–Crippen LogP) is 0.955. The molecule has 1 unspecified atom stereocenters. The summed E-state index contributed by atoms with van der Waals surface area (Å²) in [6.45, 7) is 2.54. The van der Waals surface area contributed by atoms with Crippen molar-refractivity contribution < 1.29 is 14.5 Å². The van der Waals surface area contributed by atoms with Crippen LogP contribution in [-0.4, -0.2) is 40.8 Å². The highest BCUT2D eigenvalue weighted by atomic mass is 16.6. The number of benzene rings is 1. The SMILES string of the molecule is CC1C(=O)NCCN1C(=O)/C=C/c1cccc([N+](=O)[O-])c1. The number of nitrogens with one attached hydrogen (secondary N) is 1. The van der Waals surface area contributed by atoms with Gasteiger partial charge in [-0.1, -0.05) is 12.1 Å². The average Bonchev–Trinajstić information content (AvgIpc) is 2.48. The molecule has 2 amide bonds. The molecule has 0 radical (unpaired) electrons. The lowest BCUT2D eigenvalue weighted by Crippen LogP contribution is -2.55. The van der Waals surface area contributed by atoms with Crippen LogP contribution in [0.5, 0.6) is 0 Å². The van der Waals surface area contributed by atoms with Crippen molar-refractivity contribution in [2.24, 2.45) is 0 Å². The van der Waals surface area contributed by atoms with Gasteiger partial charge in [0.2, 0.25) is 11.8 Å². The maximum atomic E-state index is 12.1. The van der Waals surface area contributed by atoms with Crippen LogP contribution >= 0.6 is 0 Å². The Morgan fingerprint density at radius 2 is 2.29 bits per heavy atom. The van der Waals surface area contributed by atoms with Gasteiger partial charge in [0.1, 0.15) is 6.04 Å². The normalized spacial score (nSPS) is 18.6. The number of hydrogen-bond acceptors (Lipinski definition) is 4. The first-order valence-electron chi connectivity index (χ1n) is 6.50. The van der Waals surface area contributed by atoms with E-state index in [2.05, 4.69) is 5.32 Å². The van der Waals surface area contributed by atoms with Crippen LogP contribution in [-0.2, 0) is 9.59 Å². The molecule has 2 rings (SSSR count). The Labute approximate surface area is 121 Å². The number of piperazine rings is 1. The second-order valence-electron chi connectivity index (χ2n) is 4.68. The monoisotopic (exact) mass is 289 g/mol. The van der Waals surface area contributed by atoms with Crippen molar-refractivity contribution >= 4 is 23.6 Å². The molecule has 1 heterocycles. The largest absolute Gasteiger partial charge is 0.353 e. The number of nitro benzene ring substituents is 1. The summed E-state index contributed by atoms with van der Waals surface area (Å²) >= 11 is 0. The molecular formula is C14H15N3O4. The number of hydrogen-bond donors (Lipinski definition) is 1. The Morgan fingerprint density at radius 3 is 3.00 bits per heavy atom. The first kappa shape index (κ1) is 14.7. The van der Waals surface area contributed by atoms with E-state index in [1.54, 1.807) is 19.1 Å². The molecule has 1 aliphatic rings. The van der Waals surface area contributed by atoms with Crippen LogP contribution in [0.25, 0.3) is 6.08 Å². The standard InChI is InChI=1S/C14H15N3O4/c1-10-14(19)15-7-8-16(10)13(18)6-5-11-3-2-4-12(9-11)17(20)21/h2-6,9-10H,7-8H2,1H3,(H,15,19)/b6-5+. The first-order chi connectivity index (χ1) is 9.99. The third kappa shape index (κ3) is 3.44. The van der Waals surface area contributed by atoms with Crippen molar-refractivity contribution in [1.29, 1.82) is 0 Å². The lowest BCUT2D eigenvalue weighted by molar-refractivity contribution is -0.384. The smallest absolute Gasteiger partial charge is 0.270 e. The van der Waals surface area contributed by atoms with Crippen LogP contribution in [0.2, 0.25) is 0 Å². The molecule has 1 N–H and O–H groups in total. The fourth-order valence-corrected chi connectivity index (χ4v) is 2.09. The van der Waals surface area contributed by atoms with Crippen molar-refractivity contribution in [3.8, 4) is 0 Å². The Hall–Kier alpha value is -2.70. The minimum Gasteiger partial charge on any atom is -0.353 e. The highest BCUT2D eigenvalue weighted by Gasteiger charge is 2.27. The maximum absolute atomic E-state index is 12.1. The number of carbonyl (C=O) groups excluding carboxylic acids is 2. The molecule has 1 aliphatic heterocycles. The van der Waals surface area contributed by atoms with E-state index >= 15 is 0 Å². The molecule has 110 valence electrons. The van der Waals surface area contributed by atoms with E-state index in [4.69, 9.17) is 0 Å². The fourth-order valence-electron chi connectivity index (χ4n) is 2.09. The number of rotatable bonds is 3. The molecule has 1 fully saturated rings. The predicted molar refractivity (Wildman–Crippen MR) is 76.3 cm³/mol. The van der Waals surface area contributed by atoms with Crippen LogP contribution in [0.4, 0.5) is 5.69 Å². The molecule has 0 saturated carbocycles. The van der Waals surface area contributed by atoms with Gasteiger partial charge in [0.15, 0.2) is 0 Å². The van der Waals surface area contributed by atoms with Crippen molar-refractivity contribution in [2.75, 3.05) is 13.1 Å². The third-order valence-electron chi connectivity index (χ3n) is 3.28. The van der Waals surface area contributed by atoms with Crippen molar-refractivity contribution in [3.05, 3.63) is 46.0 Å². The summed E-state index contributed by atoms with van der Waals surface area (Å²) in [5.74, 6) is -0.470. The van der Waals surface area contributed by atoms with E-state index in [1.165, 1.54) is 29.2 Å².